The standard InChI is InChI=1S/C18H28N4O3S/c1-3-4-22-14(2)16(12-19-22)18(24)21-5-8-25-13-15(21)11-17(23)20-6-9-26-10-7-20/h12,15H,3-11,13H2,1-2H3/t15-/m0/s1. The molecule has 2 amide bonds. The molecule has 144 valence electrons. The summed E-state index contributed by atoms with van der Waals surface area (Å²) in [6.07, 6.45) is 2.96. The highest BCUT2D eigenvalue weighted by Gasteiger charge is 2.32. The highest BCUT2D eigenvalue weighted by molar-refractivity contribution is 7.99. The third kappa shape index (κ3) is 4.23. The van der Waals surface area contributed by atoms with Crippen molar-refractivity contribution in [1.29, 1.82) is 0 Å². The van der Waals surface area contributed by atoms with Crippen molar-refractivity contribution in [3.63, 3.8) is 0 Å². The topological polar surface area (TPSA) is 67.7 Å². The number of thioether (sulfide) groups is 1. The summed E-state index contributed by atoms with van der Waals surface area (Å²) in [6.45, 7) is 7.87. The molecule has 2 aliphatic heterocycles. The fraction of sp³-hybridized carbons (Fsp3) is 0.722. The first-order valence-corrected chi connectivity index (χ1v) is 10.5. The number of nitrogens with zero attached hydrogens (tertiary/aromatic N) is 4. The van der Waals surface area contributed by atoms with E-state index in [1.165, 1.54) is 0 Å². The van der Waals surface area contributed by atoms with Crippen LogP contribution in [0.5, 0.6) is 0 Å². The second kappa shape index (κ2) is 8.90. The van der Waals surface area contributed by atoms with Gasteiger partial charge in [-0.1, -0.05) is 6.92 Å². The number of aromatic nitrogens is 2. The van der Waals surface area contributed by atoms with E-state index in [0.717, 1.165) is 43.3 Å². The van der Waals surface area contributed by atoms with Gasteiger partial charge in [-0.25, -0.2) is 0 Å². The third-order valence-electron chi connectivity index (χ3n) is 5.03. The van der Waals surface area contributed by atoms with Gasteiger partial charge in [0.15, 0.2) is 0 Å². The Morgan fingerprint density at radius 3 is 2.81 bits per heavy atom. The number of hydrogen-bond acceptors (Lipinski definition) is 5. The van der Waals surface area contributed by atoms with Crippen LogP contribution in [0, 0.1) is 6.92 Å². The molecule has 0 saturated carbocycles. The minimum Gasteiger partial charge on any atom is -0.377 e. The lowest BCUT2D eigenvalue weighted by molar-refractivity contribution is -0.133. The van der Waals surface area contributed by atoms with Crippen LogP contribution < -0.4 is 0 Å². The fourth-order valence-corrected chi connectivity index (χ4v) is 4.39. The van der Waals surface area contributed by atoms with E-state index in [2.05, 4.69) is 12.0 Å². The Balaban J connectivity index is 1.69. The predicted molar refractivity (Wildman–Crippen MR) is 101 cm³/mol. The Morgan fingerprint density at radius 2 is 2.08 bits per heavy atom. The number of aryl methyl sites for hydroxylation is 1. The van der Waals surface area contributed by atoms with Gasteiger partial charge >= 0.3 is 0 Å². The minimum atomic E-state index is -0.202. The van der Waals surface area contributed by atoms with Crippen molar-refractivity contribution in [2.24, 2.45) is 0 Å². The van der Waals surface area contributed by atoms with Gasteiger partial charge in [-0.2, -0.15) is 16.9 Å². The Hall–Kier alpha value is -1.54. The molecule has 0 radical (unpaired) electrons. The predicted octanol–water partition coefficient (Wildman–Crippen LogP) is 1.41. The van der Waals surface area contributed by atoms with Crippen molar-refractivity contribution in [2.45, 2.75) is 39.3 Å². The zero-order valence-corrected chi connectivity index (χ0v) is 16.5. The van der Waals surface area contributed by atoms with Crippen LogP contribution >= 0.6 is 11.8 Å². The molecule has 0 aliphatic carbocycles. The van der Waals surface area contributed by atoms with E-state index < -0.39 is 0 Å². The van der Waals surface area contributed by atoms with E-state index in [4.69, 9.17) is 4.74 Å². The van der Waals surface area contributed by atoms with Crippen LogP contribution in [0.2, 0.25) is 0 Å². The normalized spacial score (nSPS) is 21.1. The number of carbonyl (C=O) groups is 2. The molecule has 3 heterocycles. The van der Waals surface area contributed by atoms with Gasteiger partial charge < -0.3 is 14.5 Å². The second-order valence-corrected chi connectivity index (χ2v) is 8.02. The summed E-state index contributed by atoms with van der Waals surface area (Å²) in [5, 5.41) is 4.34. The molecule has 26 heavy (non-hydrogen) atoms. The van der Waals surface area contributed by atoms with E-state index in [0.29, 0.717) is 31.7 Å². The van der Waals surface area contributed by atoms with Crippen LogP contribution in [0.15, 0.2) is 6.20 Å². The zero-order valence-electron chi connectivity index (χ0n) is 15.6. The fourth-order valence-electron chi connectivity index (χ4n) is 3.48. The Kier molecular flexibility index (Phi) is 6.58. The molecule has 2 fully saturated rings. The Bertz CT molecular complexity index is 642. The molecule has 8 heteroatoms. The minimum absolute atomic E-state index is 0.0415. The molecule has 1 aromatic rings. The molecule has 0 unspecified atom stereocenters. The largest absolute Gasteiger partial charge is 0.377 e. The molecule has 0 bridgehead atoms. The summed E-state index contributed by atoms with van der Waals surface area (Å²) in [7, 11) is 0. The maximum Gasteiger partial charge on any atom is 0.257 e. The van der Waals surface area contributed by atoms with E-state index in [1.54, 1.807) is 11.1 Å². The molecule has 0 aromatic carbocycles. The highest BCUT2D eigenvalue weighted by atomic mass is 32.2. The number of carbonyl (C=O) groups excluding carboxylic acids is 2. The lowest BCUT2D eigenvalue weighted by Gasteiger charge is -2.37. The van der Waals surface area contributed by atoms with Crippen molar-refractivity contribution in [3.05, 3.63) is 17.5 Å². The van der Waals surface area contributed by atoms with Crippen LogP contribution in [0.25, 0.3) is 0 Å². The quantitative estimate of drug-likeness (QED) is 0.773. The molecular formula is C18H28N4O3S. The van der Waals surface area contributed by atoms with Crippen LogP contribution in [0.4, 0.5) is 0 Å². The summed E-state index contributed by atoms with van der Waals surface area (Å²) in [6, 6.07) is -0.202. The van der Waals surface area contributed by atoms with Crippen molar-refractivity contribution in [1.82, 2.24) is 19.6 Å². The molecule has 3 rings (SSSR count). The van der Waals surface area contributed by atoms with E-state index in [-0.39, 0.29) is 17.9 Å². The van der Waals surface area contributed by atoms with Gasteiger partial charge in [0.25, 0.3) is 5.91 Å². The molecular weight excluding hydrogens is 352 g/mol. The Labute approximate surface area is 159 Å². The van der Waals surface area contributed by atoms with Gasteiger partial charge in [-0.15, -0.1) is 0 Å². The van der Waals surface area contributed by atoms with Crippen LogP contribution in [-0.2, 0) is 16.1 Å². The molecule has 2 saturated heterocycles. The van der Waals surface area contributed by atoms with Crippen molar-refractivity contribution < 1.29 is 14.3 Å². The molecule has 1 aromatic heterocycles. The van der Waals surface area contributed by atoms with Crippen LogP contribution in [0.1, 0.15) is 35.8 Å². The van der Waals surface area contributed by atoms with Gasteiger partial charge in [0.2, 0.25) is 5.91 Å². The summed E-state index contributed by atoms with van der Waals surface area (Å²) in [5.41, 5.74) is 1.52. The molecule has 1 atom stereocenters. The number of morpholine rings is 1. The van der Waals surface area contributed by atoms with Gasteiger partial charge in [0.05, 0.1) is 31.0 Å². The number of hydrogen-bond donors (Lipinski definition) is 0. The molecule has 2 aliphatic rings. The summed E-state index contributed by atoms with van der Waals surface area (Å²) < 4.78 is 7.45. The van der Waals surface area contributed by atoms with Gasteiger partial charge in [-0.3, -0.25) is 14.3 Å². The van der Waals surface area contributed by atoms with E-state index in [9.17, 15) is 9.59 Å². The average Bonchev–Trinajstić information content (AvgIpc) is 3.03. The maximum atomic E-state index is 13.1. The van der Waals surface area contributed by atoms with Crippen LogP contribution in [0.3, 0.4) is 0 Å². The van der Waals surface area contributed by atoms with Crippen LogP contribution in [-0.4, -0.2) is 81.8 Å². The monoisotopic (exact) mass is 380 g/mol. The SMILES string of the molecule is CCCn1ncc(C(=O)N2CCOC[C@@H]2CC(=O)N2CCSCC2)c1C. The van der Waals surface area contributed by atoms with Gasteiger partial charge in [0, 0.05) is 49.8 Å². The van der Waals surface area contributed by atoms with Crippen molar-refractivity contribution >= 4 is 23.6 Å². The third-order valence-corrected chi connectivity index (χ3v) is 5.97. The number of rotatable bonds is 5. The molecule has 7 nitrogen and oxygen atoms in total. The summed E-state index contributed by atoms with van der Waals surface area (Å²) in [5.74, 6) is 2.06. The Morgan fingerprint density at radius 1 is 1.31 bits per heavy atom. The van der Waals surface area contributed by atoms with E-state index in [1.807, 2.05) is 28.3 Å². The smallest absolute Gasteiger partial charge is 0.257 e. The second-order valence-electron chi connectivity index (χ2n) is 6.79. The average molecular weight is 381 g/mol. The van der Waals surface area contributed by atoms with Crippen molar-refractivity contribution in [2.75, 3.05) is 44.4 Å². The summed E-state index contributed by atoms with van der Waals surface area (Å²) >= 11 is 1.88. The zero-order chi connectivity index (χ0) is 18.5. The van der Waals surface area contributed by atoms with Gasteiger partial charge in [-0.05, 0) is 13.3 Å². The van der Waals surface area contributed by atoms with Crippen molar-refractivity contribution in [3.8, 4) is 0 Å². The summed E-state index contributed by atoms with van der Waals surface area (Å²) in [4.78, 5) is 29.4. The molecule has 0 N–H and O–H groups in total. The maximum absolute atomic E-state index is 13.1. The highest BCUT2D eigenvalue weighted by Crippen LogP contribution is 2.19. The van der Waals surface area contributed by atoms with E-state index >= 15 is 0 Å². The molecule has 0 spiro atoms. The number of amides is 2. The first-order chi connectivity index (χ1) is 12.6. The lowest BCUT2D eigenvalue weighted by Crippen LogP contribution is -2.51. The van der Waals surface area contributed by atoms with Gasteiger partial charge in [0.1, 0.15) is 0 Å². The number of ether oxygens (including phenoxy) is 1. The lowest BCUT2D eigenvalue weighted by atomic mass is 10.1. The first kappa shape index (κ1) is 19.2. The first-order valence-electron chi connectivity index (χ1n) is 9.38.